The Hall–Kier alpha value is -1.11. The van der Waals surface area contributed by atoms with E-state index in [-0.39, 0.29) is 5.41 Å². The molecule has 0 aromatic carbocycles. The van der Waals surface area contributed by atoms with Crippen LogP contribution in [0.4, 0.5) is 0 Å². The summed E-state index contributed by atoms with van der Waals surface area (Å²) in [6.07, 6.45) is 8.82. The van der Waals surface area contributed by atoms with Crippen LogP contribution in [0.25, 0.3) is 0 Å². The molecule has 0 atom stereocenters. The Bertz CT molecular complexity index is 338. The standard InChI is InChI=1S/C13H19N/c1-10-6-8-13(3,4)9-7-12(10)11(2)14-5/h6-9H,1-5H3. The lowest BCUT2D eigenvalue weighted by Crippen LogP contribution is -2.01. The molecule has 1 aliphatic rings. The van der Waals surface area contributed by atoms with E-state index in [1.54, 1.807) is 0 Å². The molecule has 0 aromatic rings. The van der Waals surface area contributed by atoms with E-state index in [2.05, 4.69) is 57.0 Å². The first-order valence-corrected chi connectivity index (χ1v) is 4.99. The number of hydrogen-bond donors (Lipinski definition) is 0. The van der Waals surface area contributed by atoms with Crippen LogP contribution in [0.2, 0.25) is 0 Å². The average Bonchev–Trinajstić information content (AvgIpc) is 2.26. The molecule has 0 bridgehead atoms. The average molecular weight is 189 g/mol. The first-order chi connectivity index (χ1) is 6.46. The zero-order chi connectivity index (χ0) is 10.8. The highest BCUT2D eigenvalue weighted by Gasteiger charge is 2.13. The third-order valence-electron chi connectivity index (χ3n) is 2.59. The molecule has 1 aliphatic carbocycles. The van der Waals surface area contributed by atoms with Crippen LogP contribution in [-0.4, -0.2) is 12.8 Å². The monoisotopic (exact) mass is 189 g/mol. The summed E-state index contributed by atoms with van der Waals surface area (Å²) in [4.78, 5) is 4.23. The van der Waals surface area contributed by atoms with E-state index in [9.17, 15) is 0 Å². The van der Waals surface area contributed by atoms with Crippen molar-refractivity contribution in [3.63, 3.8) is 0 Å². The maximum absolute atomic E-state index is 4.23. The third kappa shape index (κ3) is 2.44. The molecule has 0 fully saturated rings. The molecule has 0 amide bonds. The molecule has 0 heterocycles. The zero-order valence-electron chi connectivity index (χ0n) is 9.76. The summed E-state index contributed by atoms with van der Waals surface area (Å²) in [6.45, 7) is 8.59. The molecular formula is C13H19N. The van der Waals surface area contributed by atoms with Crippen LogP contribution >= 0.6 is 0 Å². The minimum Gasteiger partial charge on any atom is -0.293 e. The van der Waals surface area contributed by atoms with Crippen LogP contribution in [-0.2, 0) is 0 Å². The summed E-state index contributed by atoms with van der Waals surface area (Å²) in [7, 11) is 1.84. The van der Waals surface area contributed by atoms with E-state index in [1.165, 1.54) is 11.1 Å². The van der Waals surface area contributed by atoms with E-state index in [4.69, 9.17) is 0 Å². The molecule has 0 saturated heterocycles. The summed E-state index contributed by atoms with van der Waals surface area (Å²) < 4.78 is 0. The van der Waals surface area contributed by atoms with Gasteiger partial charge in [-0.25, -0.2) is 0 Å². The first-order valence-electron chi connectivity index (χ1n) is 4.99. The highest BCUT2D eigenvalue weighted by atomic mass is 14.7. The van der Waals surface area contributed by atoms with E-state index in [1.807, 2.05) is 7.05 Å². The van der Waals surface area contributed by atoms with Gasteiger partial charge in [-0.05, 0) is 25.0 Å². The highest BCUT2D eigenvalue weighted by Crippen LogP contribution is 2.25. The van der Waals surface area contributed by atoms with Crippen LogP contribution in [0.15, 0.2) is 40.4 Å². The van der Waals surface area contributed by atoms with Gasteiger partial charge >= 0.3 is 0 Å². The Morgan fingerprint density at radius 2 is 1.79 bits per heavy atom. The van der Waals surface area contributed by atoms with Crippen molar-refractivity contribution in [2.45, 2.75) is 27.7 Å². The molecule has 76 valence electrons. The van der Waals surface area contributed by atoms with Gasteiger partial charge in [0.1, 0.15) is 0 Å². The lowest BCUT2D eigenvalue weighted by molar-refractivity contribution is 0.627. The largest absolute Gasteiger partial charge is 0.293 e. The van der Waals surface area contributed by atoms with Crippen molar-refractivity contribution in [2.75, 3.05) is 7.05 Å². The van der Waals surface area contributed by atoms with Gasteiger partial charge in [-0.3, -0.25) is 4.99 Å². The Morgan fingerprint density at radius 3 is 2.36 bits per heavy atom. The van der Waals surface area contributed by atoms with Crippen LogP contribution < -0.4 is 0 Å². The van der Waals surface area contributed by atoms with Gasteiger partial charge in [-0.1, -0.05) is 38.2 Å². The third-order valence-corrected chi connectivity index (χ3v) is 2.59. The molecule has 14 heavy (non-hydrogen) atoms. The molecule has 0 spiro atoms. The maximum Gasteiger partial charge on any atom is 0.0388 e. The SMILES string of the molecule is CN=C(C)C1=C(C)C=CC(C)(C)C=C1. The van der Waals surface area contributed by atoms with E-state index in [0.29, 0.717) is 0 Å². The summed E-state index contributed by atoms with van der Waals surface area (Å²) in [6, 6.07) is 0. The second-order valence-electron chi connectivity index (χ2n) is 4.39. The normalized spacial score (nSPS) is 21.4. The highest BCUT2D eigenvalue weighted by molar-refractivity contribution is 6.01. The fourth-order valence-corrected chi connectivity index (χ4v) is 1.44. The van der Waals surface area contributed by atoms with E-state index < -0.39 is 0 Å². The molecule has 0 N–H and O–H groups in total. The van der Waals surface area contributed by atoms with Crippen LogP contribution in [0, 0.1) is 5.41 Å². The second-order valence-corrected chi connectivity index (χ2v) is 4.39. The van der Waals surface area contributed by atoms with Gasteiger partial charge < -0.3 is 0 Å². The van der Waals surface area contributed by atoms with Crippen molar-refractivity contribution in [1.29, 1.82) is 0 Å². The second kappa shape index (κ2) is 3.95. The van der Waals surface area contributed by atoms with Crippen molar-refractivity contribution in [3.8, 4) is 0 Å². The van der Waals surface area contributed by atoms with Gasteiger partial charge in [0, 0.05) is 18.2 Å². The molecule has 0 unspecified atom stereocenters. The number of allylic oxidation sites excluding steroid dienone is 6. The predicted molar refractivity (Wildman–Crippen MR) is 63.8 cm³/mol. The molecular weight excluding hydrogens is 170 g/mol. The van der Waals surface area contributed by atoms with Gasteiger partial charge in [0.2, 0.25) is 0 Å². The fourth-order valence-electron chi connectivity index (χ4n) is 1.44. The topological polar surface area (TPSA) is 12.4 Å². The molecule has 0 radical (unpaired) electrons. The summed E-state index contributed by atoms with van der Waals surface area (Å²) in [5, 5.41) is 0. The molecule has 0 saturated carbocycles. The number of hydrogen-bond acceptors (Lipinski definition) is 1. The van der Waals surface area contributed by atoms with Gasteiger partial charge in [-0.15, -0.1) is 0 Å². The minimum absolute atomic E-state index is 0.150. The Labute approximate surface area is 86.9 Å². The lowest BCUT2D eigenvalue weighted by Gasteiger charge is -2.12. The number of nitrogens with zero attached hydrogens (tertiary/aromatic N) is 1. The van der Waals surface area contributed by atoms with Gasteiger partial charge in [0.25, 0.3) is 0 Å². The molecule has 1 rings (SSSR count). The van der Waals surface area contributed by atoms with Crippen LogP contribution in [0.3, 0.4) is 0 Å². The quantitative estimate of drug-likeness (QED) is 0.559. The van der Waals surface area contributed by atoms with Gasteiger partial charge in [-0.2, -0.15) is 0 Å². The van der Waals surface area contributed by atoms with Gasteiger partial charge in [0.05, 0.1) is 0 Å². The summed E-state index contributed by atoms with van der Waals surface area (Å²) in [5.74, 6) is 0. The maximum atomic E-state index is 4.23. The van der Waals surface area contributed by atoms with Crippen molar-refractivity contribution < 1.29 is 0 Å². The fraction of sp³-hybridized carbons (Fsp3) is 0.462. The Kier molecular flexibility index (Phi) is 3.10. The first kappa shape index (κ1) is 11.0. The van der Waals surface area contributed by atoms with Crippen molar-refractivity contribution >= 4 is 5.71 Å². The Balaban J connectivity index is 3.14. The summed E-state index contributed by atoms with van der Waals surface area (Å²) in [5.41, 5.74) is 3.78. The molecule has 1 heteroatoms. The molecule has 0 aliphatic heterocycles. The smallest absolute Gasteiger partial charge is 0.0388 e. The van der Waals surface area contributed by atoms with E-state index >= 15 is 0 Å². The van der Waals surface area contributed by atoms with Crippen molar-refractivity contribution in [3.05, 3.63) is 35.5 Å². The number of rotatable bonds is 1. The predicted octanol–water partition coefficient (Wildman–Crippen LogP) is 3.55. The molecule has 0 aromatic heterocycles. The number of aliphatic imine (C=N–C) groups is 1. The lowest BCUT2D eigenvalue weighted by atomic mass is 9.93. The van der Waals surface area contributed by atoms with Crippen LogP contribution in [0.1, 0.15) is 27.7 Å². The van der Waals surface area contributed by atoms with Crippen LogP contribution in [0.5, 0.6) is 0 Å². The zero-order valence-corrected chi connectivity index (χ0v) is 9.76. The summed E-state index contributed by atoms with van der Waals surface area (Å²) >= 11 is 0. The van der Waals surface area contributed by atoms with Crippen molar-refractivity contribution in [2.24, 2.45) is 10.4 Å². The minimum atomic E-state index is 0.150. The van der Waals surface area contributed by atoms with Crippen molar-refractivity contribution in [1.82, 2.24) is 0 Å². The Morgan fingerprint density at radius 1 is 1.21 bits per heavy atom. The molecule has 1 nitrogen and oxygen atoms in total. The van der Waals surface area contributed by atoms with Gasteiger partial charge in [0.15, 0.2) is 0 Å². The van der Waals surface area contributed by atoms with E-state index in [0.717, 1.165) is 5.71 Å².